The number of aliphatic imine (C=N–C) groups is 1. The van der Waals surface area contributed by atoms with Gasteiger partial charge in [-0.05, 0) is 30.3 Å². The maximum atomic E-state index is 12.8. The van der Waals surface area contributed by atoms with E-state index in [-0.39, 0.29) is 18.0 Å². The van der Waals surface area contributed by atoms with Crippen LogP contribution in [0.5, 0.6) is 0 Å². The van der Waals surface area contributed by atoms with Gasteiger partial charge in [0.1, 0.15) is 11.5 Å². The summed E-state index contributed by atoms with van der Waals surface area (Å²) >= 11 is 0. The van der Waals surface area contributed by atoms with Crippen LogP contribution in [0.4, 0.5) is 17.6 Å². The number of alkyl halides is 3. The molecule has 0 unspecified atom stereocenters. The van der Waals surface area contributed by atoms with Crippen LogP contribution in [0.15, 0.2) is 46.4 Å². The van der Waals surface area contributed by atoms with Crippen molar-refractivity contribution in [1.29, 1.82) is 0 Å². The molecule has 9 heteroatoms. The van der Waals surface area contributed by atoms with Crippen molar-refractivity contribution in [3.8, 4) is 0 Å². The Hall–Kier alpha value is -1.90. The summed E-state index contributed by atoms with van der Waals surface area (Å²) in [6.45, 7) is -0.544. The molecule has 1 aliphatic rings. The van der Waals surface area contributed by atoms with E-state index in [2.05, 4.69) is 4.99 Å². The number of rotatable bonds is 2. The lowest BCUT2D eigenvalue weighted by molar-refractivity contribution is -0.0578. The smallest absolute Gasteiger partial charge is 0.279 e. The van der Waals surface area contributed by atoms with Crippen LogP contribution in [0.3, 0.4) is 0 Å². The van der Waals surface area contributed by atoms with Gasteiger partial charge < -0.3 is 0 Å². The van der Waals surface area contributed by atoms with Crippen LogP contribution in [-0.4, -0.2) is 37.7 Å². The average Bonchev–Trinajstić information content (AvgIpc) is 2.64. The van der Waals surface area contributed by atoms with Gasteiger partial charge in [-0.15, -0.1) is 0 Å². The van der Waals surface area contributed by atoms with Crippen molar-refractivity contribution >= 4 is 15.7 Å². The summed E-state index contributed by atoms with van der Waals surface area (Å²) in [6, 6.07) is 4.03. The largest absolute Gasteiger partial charge is 0.432 e. The van der Waals surface area contributed by atoms with Gasteiger partial charge in [-0.3, -0.25) is 9.30 Å². The van der Waals surface area contributed by atoms with Gasteiger partial charge in [-0.1, -0.05) is 0 Å². The zero-order valence-electron chi connectivity index (χ0n) is 10.5. The number of allylic oxidation sites excluding steroid dienone is 1. The molecular weight excluding hydrogens is 312 g/mol. The van der Waals surface area contributed by atoms with Gasteiger partial charge in [-0.2, -0.15) is 13.2 Å². The molecule has 21 heavy (non-hydrogen) atoms. The first-order valence-electron chi connectivity index (χ1n) is 5.78. The number of nitrogens with zero attached hydrogens (tertiary/aromatic N) is 2. The molecule has 0 saturated carbocycles. The van der Waals surface area contributed by atoms with Crippen molar-refractivity contribution < 1.29 is 26.0 Å². The lowest BCUT2D eigenvalue weighted by Gasteiger charge is -2.18. The minimum absolute atomic E-state index is 0.205. The molecule has 1 aromatic rings. The van der Waals surface area contributed by atoms with Gasteiger partial charge in [0.2, 0.25) is 0 Å². The molecule has 0 bridgehead atoms. The summed E-state index contributed by atoms with van der Waals surface area (Å²) < 4.78 is 75.6. The highest BCUT2D eigenvalue weighted by Crippen LogP contribution is 2.22. The number of benzene rings is 1. The van der Waals surface area contributed by atoms with E-state index in [0.717, 1.165) is 34.8 Å². The first kappa shape index (κ1) is 15.5. The Morgan fingerprint density at radius 1 is 1.14 bits per heavy atom. The molecule has 1 aliphatic heterocycles. The molecular formula is C12H10F4N2O2S. The molecule has 2 rings (SSSR count). The highest BCUT2D eigenvalue weighted by Gasteiger charge is 2.35. The Labute approximate surface area is 118 Å². The predicted octanol–water partition coefficient (Wildman–Crippen LogP) is 2.35. The Kier molecular flexibility index (Phi) is 4.04. The maximum absolute atomic E-state index is 12.8. The molecule has 0 spiro atoms. The van der Waals surface area contributed by atoms with E-state index in [1.165, 1.54) is 0 Å². The predicted molar refractivity (Wildman–Crippen MR) is 67.8 cm³/mol. The molecule has 4 nitrogen and oxygen atoms in total. The molecule has 0 atom stereocenters. The molecule has 0 N–H and O–H groups in total. The highest BCUT2D eigenvalue weighted by atomic mass is 32.2. The summed E-state index contributed by atoms with van der Waals surface area (Å²) in [7, 11) is -4.03. The van der Waals surface area contributed by atoms with Crippen molar-refractivity contribution in [1.82, 2.24) is 4.31 Å². The molecule has 0 radical (unpaired) electrons. The Bertz CT molecular complexity index is 678. The van der Waals surface area contributed by atoms with E-state index in [0.29, 0.717) is 6.08 Å². The minimum Gasteiger partial charge on any atom is -0.279 e. The average molecular weight is 322 g/mol. The molecule has 1 heterocycles. The van der Waals surface area contributed by atoms with Gasteiger partial charge in [0.15, 0.2) is 0 Å². The quantitative estimate of drug-likeness (QED) is 0.785. The van der Waals surface area contributed by atoms with Crippen LogP contribution >= 0.6 is 0 Å². The molecule has 1 aromatic carbocycles. The fourth-order valence-electron chi connectivity index (χ4n) is 1.68. The number of sulfonamides is 1. The summed E-state index contributed by atoms with van der Waals surface area (Å²) in [5, 5.41) is 0. The Morgan fingerprint density at radius 2 is 1.76 bits per heavy atom. The third kappa shape index (κ3) is 3.41. The molecule has 0 aromatic heterocycles. The van der Waals surface area contributed by atoms with Gasteiger partial charge in [0.25, 0.3) is 10.0 Å². The third-order valence-corrected chi connectivity index (χ3v) is 4.50. The summed E-state index contributed by atoms with van der Waals surface area (Å²) in [6.07, 6.45) is -3.21. The second-order valence-corrected chi connectivity index (χ2v) is 6.04. The topological polar surface area (TPSA) is 49.7 Å². The number of hydrogen-bond acceptors (Lipinski definition) is 3. The SMILES string of the molecule is O=S(=O)(c1ccc(F)cc1)N1C=CC(C(F)(F)F)=NCC1. The van der Waals surface area contributed by atoms with Crippen molar-refractivity contribution in [3.63, 3.8) is 0 Å². The van der Waals surface area contributed by atoms with Gasteiger partial charge in [-0.25, -0.2) is 12.8 Å². The van der Waals surface area contributed by atoms with E-state index >= 15 is 0 Å². The van der Waals surface area contributed by atoms with E-state index in [4.69, 9.17) is 0 Å². The van der Waals surface area contributed by atoms with Gasteiger partial charge in [0, 0.05) is 6.20 Å². The zero-order chi connectivity index (χ0) is 15.7. The Morgan fingerprint density at radius 3 is 2.33 bits per heavy atom. The van der Waals surface area contributed by atoms with E-state index < -0.39 is 27.7 Å². The summed E-state index contributed by atoms with van der Waals surface area (Å²) in [5.74, 6) is -0.608. The van der Waals surface area contributed by atoms with Crippen LogP contribution in [0.25, 0.3) is 0 Å². The summed E-state index contributed by atoms with van der Waals surface area (Å²) in [4.78, 5) is 3.10. The van der Waals surface area contributed by atoms with Crippen LogP contribution < -0.4 is 0 Å². The fourth-order valence-corrected chi connectivity index (χ4v) is 2.97. The van der Waals surface area contributed by atoms with E-state index in [1.54, 1.807) is 0 Å². The van der Waals surface area contributed by atoms with Crippen LogP contribution in [0.2, 0.25) is 0 Å². The monoisotopic (exact) mass is 322 g/mol. The van der Waals surface area contributed by atoms with E-state index in [1.807, 2.05) is 0 Å². The first-order chi connectivity index (χ1) is 9.71. The van der Waals surface area contributed by atoms with Crippen LogP contribution in [0.1, 0.15) is 0 Å². The number of halogens is 4. The second kappa shape index (κ2) is 5.47. The maximum Gasteiger partial charge on any atom is 0.432 e. The lowest BCUT2D eigenvalue weighted by Crippen LogP contribution is -2.27. The third-order valence-electron chi connectivity index (χ3n) is 2.71. The van der Waals surface area contributed by atoms with Crippen molar-refractivity contribution in [2.45, 2.75) is 11.1 Å². The summed E-state index contributed by atoms with van der Waals surface area (Å²) in [5.41, 5.74) is -1.14. The molecule has 0 saturated heterocycles. The fraction of sp³-hybridized carbons (Fsp3) is 0.250. The zero-order valence-corrected chi connectivity index (χ0v) is 11.3. The number of hydrogen-bond donors (Lipinski definition) is 0. The normalized spacial score (nSPS) is 16.6. The molecule has 0 aliphatic carbocycles. The Balaban J connectivity index is 2.29. The standard InChI is InChI=1S/C12H10F4N2O2S/c13-9-1-3-10(4-2-9)21(19,20)18-7-5-11(12(14,15)16)17-6-8-18/h1-5,7H,6,8H2. The molecule has 0 amide bonds. The lowest BCUT2D eigenvalue weighted by atomic mass is 10.3. The van der Waals surface area contributed by atoms with Crippen molar-refractivity contribution in [3.05, 3.63) is 42.4 Å². The van der Waals surface area contributed by atoms with E-state index in [9.17, 15) is 26.0 Å². The van der Waals surface area contributed by atoms with Gasteiger partial charge in [0.05, 0.1) is 18.0 Å². The molecule has 0 fully saturated rings. The van der Waals surface area contributed by atoms with Gasteiger partial charge >= 0.3 is 6.18 Å². The highest BCUT2D eigenvalue weighted by molar-refractivity contribution is 7.89. The van der Waals surface area contributed by atoms with Crippen LogP contribution in [0, 0.1) is 5.82 Å². The van der Waals surface area contributed by atoms with Crippen molar-refractivity contribution in [2.24, 2.45) is 4.99 Å². The second-order valence-electron chi connectivity index (χ2n) is 4.15. The molecule has 114 valence electrons. The first-order valence-corrected chi connectivity index (χ1v) is 7.22. The minimum atomic E-state index is -4.63. The van der Waals surface area contributed by atoms with Crippen LogP contribution in [-0.2, 0) is 10.0 Å². The van der Waals surface area contributed by atoms with Crippen molar-refractivity contribution in [2.75, 3.05) is 13.1 Å².